The van der Waals surface area contributed by atoms with Gasteiger partial charge in [-0.05, 0) is 104 Å². The highest BCUT2D eigenvalue weighted by molar-refractivity contribution is 5.76. The molecule has 3 aromatic rings. The number of hydrogen-bond acceptors (Lipinski definition) is 5. The molecule has 0 amide bonds. The molecule has 0 aromatic heterocycles. The van der Waals surface area contributed by atoms with Crippen LogP contribution in [0.3, 0.4) is 0 Å². The second kappa shape index (κ2) is 10.00. The van der Waals surface area contributed by atoms with E-state index >= 15 is 0 Å². The van der Waals surface area contributed by atoms with Gasteiger partial charge in [0, 0.05) is 5.56 Å². The molecular formula is C29H32O5. The van der Waals surface area contributed by atoms with Crippen LogP contribution in [0.5, 0.6) is 11.5 Å². The predicted octanol–water partition coefficient (Wildman–Crippen LogP) is 6.20. The molecular weight excluding hydrogens is 428 g/mol. The number of aryl methyl sites for hydroxylation is 2. The van der Waals surface area contributed by atoms with Crippen LogP contribution in [0, 0.1) is 20.8 Å². The molecule has 34 heavy (non-hydrogen) atoms. The molecule has 1 saturated heterocycles. The predicted molar refractivity (Wildman–Crippen MR) is 133 cm³/mol. The maximum atomic E-state index is 10.9. The van der Waals surface area contributed by atoms with Crippen LogP contribution in [0.25, 0.3) is 11.1 Å². The molecule has 1 heterocycles. The summed E-state index contributed by atoms with van der Waals surface area (Å²) >= 11 is 0. The molecule has 178 valence electrons. The smallest absolute Gasteiger partial charge is 0.163 e. The van der Waals surface area contributed by atoms with Gasteiger partial charge in [-0.2, -0.15) is 0 Å². The van der Waals surface area contributed by atoms with E-state index in [-0.39, 0.29) is 6.10 Å². The van der Waals surface area contributed by atoms with Crippen molar-refractivity contribution in [2.45, 2.75) is 53.1 Å². The van der Waals surface area contributed by atoms with E-state index in [1.165, 1.54) is 16.7 Å². The lowest BCUT2D eigenvalue weighted by atomic mass is 9.90. The summed E-state index contributed by atoms with van der Waals surface area (Å²) in [4.78, 5) is 10.9. The van der Waals surface area contributed by atoms with E-state index in [1.807, 2.05) is 26.0 Å². The summed E-state index contributed by atoms with van der Waals surface area (Å²) in [5.74, 6) is 1.03. The van der Waals surface area contributed by atoms with E-state index in [2.05, 4.69) is 51.1 Å². The van der Waals surface area contributed by atoms with Gasteiger partial charge in [0.2, 0.25) is 0 Å². The Balaban J connectivity index is 1.49. The first-order valence-electron chi connectivity index (χ1n) is 11.6. The standard InChI is InChI=1S/C29H32O5/c1-19-13-25(32-17-26-18-33-29(4,5)34-26)14-20(2)28(19)27-8-6-7-23(21(27)3)16-31-24-11-9-22(15-30)10-12-24/h6-15,26H,16-18H2,1-5H3/t26-/m0/s1. The van der Waals surface area contributed by atoms with Crippen LogP contribution in [-0.2, 0) is 16.1 Å². The normalized spacial score (nSPS) is 16.9. The Morgan fingerprint density at radius 1 is 0.971 bits per heavy atom. The van der Waals surface area contributed by atoms with Crippen molar-refractivity contribution in [1.82, 2.24) is 0 Å². The number of hydrogen-bond donors (Lipinski definition) is 0. The summed E-state index contributed by atoms with van der Waals surface area (Å²) in [6, 6.07) is 17.6. The summed E-state index contributed by atoms with van der Waals surface area (Å²) in [6.07, 6.45) is 0.764. The average Bonchev–Trinajstić information content (AvgIpc) is 3.16. The summed E-state index contributed by atoms with van der Waals surface area (Å²) in [5, 5.41) is 0. The Labute approximate surface area is 201 Å². The second-order valence-electron chi connectivity index (χ2n) is 9.26. The van der Waals surface area contributed by atoms with Crippen LogP contribution in [0.1, 0.15) is 46.5 Å². The lowest BCUT2D eigenvalue weighted by molar-refractivity contribution is -0.141. The molecule has 0 unspecified atom stereocenters. The minimum absolute atomic E-state index is 0.0659. The third-order valence-corrected chi connectivity index (χ3v) is 6.14. The van der Waals surface area contributed by atoms with Gasteiger partial charge < -0.3 is 18.9 Å². The molecule has 1 aliphatic rings. The Hall–Kier alpha value is -3.15. The van der Waals surface area contributed by atoms with Crippen molar-refractivity contribution in [2.24, 2.45) is 0 Å². The SMILES string of the molecule is Cc1cc(OC[C@H]2COC(C)(C)O2)cc(C)c1-c1cccc(COc2ccc(C=O)cc2)c1C. The maximum Gasteiger partial charge on any atom is 0.163 e. The third kappa shape index (κ3) is 5.49. The Kier molecular flexibility index (Phi) is 7.05. The van der Waals surface area contributed by atoms with E-state index in [0.717, 1.165) is 34.5 Å². The van der Waals surface area contributed by atoms with Gasteiger partial charge in [-0.15, -0.1) is 0 Å². The molecule has 1 atom stereocenters. The Morgan fingerprint density at radius 3 is 2.29 bits per heavy atom. The van der Waals surface area contributed by atoms with E-state index in [4.69, 9.17) is 18.9 Å². The van der Waals surface area contributed by atoms with Gasteiger partial charge in [-0.3, -0.25) is 4.79 Å². The van der Waals surface area contributed by atoms with Gasteiger partial charge in [-0.25, -0.2) is 0 Å². The summed E-state index contributed by atoms with van der Waals surface area (Å²) in [7, 11) is 0. The van der Waals surface area contributed by atoms with E-state index in [1.54, 1.807) is 12.1 Å². The number of ether oxygens (including phenoxy) is 4. The van der Waals surface area contributed by atoms with Crippen molar-refractivity contribution < 1.29 is 23.7 Å². The number of carbonyl (C=O) groups is 1. The van der Waals surface area contributed by atoms with Crippen LogP contribution in [-0.4, -0.2) is 31.4 Å². The number of rotatable bonds is 8. The topological polar surface area (TPSA) is 54.0 Å². The van der Waals surface area contributed by atoms with E-state index in [9.17, 15) is 4.79 Å². The van der Waals surface area contributed by atoms with Crippen molar-refractivity contribution in [3.8, 4) is 22.6 Å². The fourth-order valence-corrected chi connectivity index (χ4v) is 4.38. The van der Waals surface area contributed by atoms with Crippen LogP contribution in [0.15, 0.2) is 54.6 Å². The first kappa shape index (κ1) is 24.0. The van der Waals surface area contributed by atoms with Crippen molar-refractivity contribution in [2.75, 3.05) is 13.2 Å². The summed E-state index contributed by atoms with van der Waals surface area (Å²) < 4.78 is 23.5. The molecule has 0 saturated carbocycles. The quantitative estimate of drug-likeness (QED) is 0.375. The minimum atomic E-state index is -0.547. The van der Waals surface area contributed by atoms with Crippen LogP contribution < -0.4 is 9.47 Å². The molecule has 0 N–H and O–H groups in total. The molecule has 5 nitrogen and oxygen atoms in total. The van der Waals surface area contributed by atoms with Crippen molar-refractivity contribution >= 4 is 6.29 Å². The van der Waals surface area contributed by atoms with Crippen LogP contribution in [0.4, 0.5) is 0 Å². The lowest BCUT2D eigenvalue weighted by Gasteiger charge is -2.19. The van der Waals surface area contributed by atoms with Gasteiger partial charge in [0.15, 0.2) is 5.79 Å². The molecule has 0 bridgehead atoms. The van der Waals surface area contributed by atoms with Gasteiger partial charge in [0.25, 0.3) is 0 Å². The zero-order valence-electron chi connectivity index (χ0n) is 20.5. The number of carbonyl (C=O) groups excluding carboxylic acids is 1. The maximum absolute atomic E-state index is 10.9. The molecule has 1 aliphatic heterocycles. The zero-order chi connectivity index (χ0) is 24.3. The molecule has 0 spiro atoms. The number of benzene rings is 3. The largest absolute Gasteiger partial charge is 0.491 e. The molecule has 4 rings (SSSR count). The average molecular weight is 461 g/mol. The first-order chi connectivity index (χ1) is 16.3. The molecule has 1 fully saturated rings. The Morgan fingerprint density at radius 2 is 1.68 bits per heavy atom. The molecule has 0 radical (unpaired) electrons. The fraction of sp³-hybridized carbons (Fsp3) is 0.345. The Bertz CT molecular complexity index is 1140. The van der Waals surface area contributed by atoms with Crippen molar-refractivity contribution in [1.29, 1.82) is 0 Å². The third-order valence-electron chi connectivity index (χ3n) is 6.14. The zero-order valence-corrected chi connectivity index (χ0v) is 20.5. The second-order valence-corrected chi connectivity index (χ2v) is 9.26. The van der Waals surface area contributed by atoms with Gasteiger partial charge in [0.05, 0.1) is 6.61 Å². The number of aldehydes is 1. The van der Waals surface area contributed by atoms with Crippen molar-refractivity contribution in [3.63, 3.8) is 0 Å². The van der Waals surface area contributed by atoms with E-state index in [0.29, 0.717) is 25.4 Å². The molecule has 0 aliphatic carbocycles. The highest BCUT2D eigenvalue weighted by atomic mass is 16.7. The summed E-state index contributed by atoms with van der Waals surface area (Å²) in [5.41, 5.74) is 7.66. The van der Waals surface area contributed by atoms with Gasteiger partial charge in [-0.1, -0.05) is 18.2 Å². The van der Waals surface area contributed by atoms with Crippen LogP contribution >= 0.6 is 0 Å². The van der Waals surface area contributed by atoms with E-state index < -0.39 is 5.79 Å². The highest BCUT2D eigenvalue weighted by Gasteiger charge is 2.33. The van der Waals surface area contributed by atoms with Gasteiger partial charge in [0.1, 0.15) is 37.1 Å². The van der Waals surface area contributed by atoms with Crippen LogP contribution in [0.2, 0.25) is 0 Å². The fourth-order valence-electron chi connectivity index (χ4n) is 4.38. The van der Waals surface area contributed by atoms with Crippen molar-refractivity contribution in [3.05, 3.63) is 82.4 Å². The van der Waals surface area contributed by atoms with Gasteiger partial charge >= 0.3 is 0 Å². The monoisotopic (exact) mass is 460 g/mol. The minimum Gasteiger partial charge on any atom is -0.491 e. The molecule has 3 aromatic carbocycles. The lowest BCUT2D eigenvalue weighted by Crippen LogP contribution is -2.25. The highest BCUT2D eigenvalue weighted by Crippen LogP contribution is 2.35. The summed E-state index contributed by atoms with van der Waals surface area (Å²) in [6.45, 7) is 11.7. The molecule has 5 heteroatoms. The first-order valence-corrected chi connectivity index (χ1v) is 11.6.